The number of nitrogens with zero attached hydrogens (tertiary/aromatic N) is 1. The molecule has 0 saturated heterocycles. The average Bonchev–Trinajstić information content (AvgIpc) is 2.85. The van der Waals surface area contributed by atoms with Gasteiger partial charge in [0.05, 0.1) is 5.56 Å². The lowest BCUT2D eigenvalue weighted by Gasteiger charge is -2.01. The maximum Gasteiger partial charge on any atom is 0.229 e. The molecule has 20 heavy (non-hydrogen) atoms. The number of nitrogen functional groups attached to an aromatic ring is 1. The van der Waals surface area contributed by atoms with Crippen molar-refractivity contribution in [3.05, 3.63) is 47.5 Å². The number of oxazole rings is 1. The molecular formula is C15H12F2N2O. The van der Waals surface area contributed by atoms with Crippen molar-refractivity contribution in [3.63, 3.8) is 0 Å². The molecule has 5 heteroatoms. The lowest BCUT2D eigenvalue weighted by atomic mass is 10.1. The Balaban J connectivity index is 2.17. The fraction of sp³-hybridized carbons (Fsp3) is 0.133. The van der Waals surface area contributed by atoms with Gasteiger partial charge in [0.25, 0.3) is 0 Å². The summed E-state index contributed by atoms with van der Waals surface area (Å²) in [4.78, 5) is 4.29. The lowest BCUT2D eigenvalue weighted by molar-refractivity contribution is 0.508. The molecule has 2 N–H and O–H groups in total. The van der Waals surface area contributed by atoms with E-state index in [1.165, 1.54) is 0 Å². The molecule has 0 aliphatic carbocycles. The monoisotopic (exact) mass is 274 g/mol. The second kappa shape index (κ2) is 4.59. The predicted octanol–water partition coefficient (Wildman–Crippen LogP) is 3.92. The quantitative estimate of drug-likeness (QED) is 0.721. The number of hydrogen-bond donors (Lipinski definition) is 1. The number of fused-ring (bicyclic) bond motifs is 1. The predicted molar refractivity (Wildman–Crippen MR) is 73.2 cm³/mol. The smallest absolute Gasteiger partial charge is 0.229 e. The first-order valence-corrected chi connectivity index (χ1v) is 6.23. The zero-order valence-corrected chi connectivity index (χ0v) is 10.8. The molecule has 2 aromatic carbocycles. The minimum atomic E-state index is -0.990. The Bertz CT molecular complexity index is 796. The molecular weight excluding hydrogens is 262 g/mol. The van der Waals surface area contributed by atoms with Crippen molar-refractivity contribution in [1.82, 2.24) is 4.98 Å². The van der Waals surface area contributed by atoms with Crippen LogP contribution in [-0.4, -0.2) is 4.98 Å². The molecule has 0 amide bonds. The normalized spacial score (nSPS) is 11.2. The molecule has 0 spiro atoms. The Morgan fingerprint density at radius 3 is 2.65 bits per heavy atom. The molecule has 0 saturated carbocycles. The Morgan fingerprint density at radius 1 is 1.15 bits per heavy atom. The minimum Gasteiger partial charge on any atom is -0.436 e. The van der Waals surface area contributed by atoms with Gasteiger partial charge in [0.1, 0.15) is 5.52 Å². The highest BCUT2D eigenvalue weighted by Crippen LogP contribution is 2.30. The summed E-state index contributed by atoms with van der Waals surface area (Å²) in [7, 11) is 0. The van der Waals surface area contributed by atoms with E-state index in [9.17, 15) is 8.78 Å². The van der Waals surface area contributed by atoms with E-state index in [-0.39, 0.29) is 17.1 Å². The van der Waals surface area contributed by atoms with E-state index in [1.54, 1.807) is 6.07 Å². The van der Waals surface area contributed by atoms with Crippen molar-refractivity contribution >= 4 is 16.8 Å². The number of aromatic nitrogens is 1. The summed E-state index contributed by atoms with van der Waals surface area (Å²) < 4.78 is 31.9. The topological polar surface area (TPSA) is 52.0 Å². The van der Waals surface area contributed by atoms with E-state index < -0.39 is 11.6 Å². The number of halogens is 2. The van der Waals surface area contributed by atoms with Crippen LogP contribution in [0.25, 0.3) is 22.6 Å². The van der Waals surface area contributed by atoms with Crippen LogP contribution in [0.15, 0.2) is 34.7 Å². The molecule has 0 aliphatic heterocycles. The first kappa shape index (κ1) is 12.6. The summed E-state index contributed by atoms with van der Waals surface area (Å²) in [6.45, 7) is 2.04. The van der Waals surface area contributed by atoms with E-state index in [0.717, 1.165) is 24.1 Å². The van der Waals surface area contributed by atoms with Gasteiger partial charge in [-0.15, -0.1) is 0 Å². The van der Waals surface area contributed by atoms with Gasteiger partial charge < -0.3 is 10.2 Å². The van der Waals surface area contributed by atoms with Gasteiger partial charge in [-0.25, -0.2) is 13.8 Å². The summed E-state index contributed by atoms with van der Waals surface area (Å²) in [5, 5.41) is 0. The number of rotatable bonds is 2. The van der Waals surface area contributed by atoms with Gasteiger partial charge in [0.15, 0.2) is 17.2 Å². The maximum atomic E-state index is 13.3. The van der Waals surface area contributed by atoms with Gasteiger partial charge >= 0.3 is 0 Å². The summed E-state index contributed by atoms with van der Waals surface area (Å²) in [5.41, 5.74) is 8.41. The van der Waals surface area contributed by atoms with Crippen LogP contribution in [0.5, 0.6) is 0 Å². The number of aryl methyl sites for hydroxylation is 1. The first-order valence-electron chi connectivity index (χ1n) is 6.23. The number of benzene rings is 2. The molecule has 0 fully saturated rings. The zero-order chi connectivity index (χ0) is 14.3. The van der Waals surface area contributed by atoms with E-state index >= 15 is 0 Å². The highest BCUT2D eigenvalue weighted by molar-refractivity contribution is 5.80. The molecule has 1 heterocycles. The molecule has 0 bridgehead atoms. The second-order valence-corrected chi connectivity index (χ2v) is 4.53. The van der Waals surface area contributed by atoms with Crippen LogP contribution < -0.4 is 5.73 Å². The van der Waals surface area contributed by atoms with Crippen LogP contribution in [0.2, 0.25) is 0 Å². The Hall–Kier alpha value is -2.43. The standard InChI is InChI=1S/C15H12F2N2O/c1-2-8-3-4-14-13(5-8)19-15(20-14)9-6-10(16)11(17)7-12(9)18/h3-7H,2,18H2,1H3. The van der Waals surface area contributed by atoms with E-state index in [1.807, 2.05) is 19.1 Å². The average molecular weight is 274 g/mol. The van der Waals surface area contributed by atoms with Crippen molar-refractivity contribution in [2.45, 2.75) is 13.3 Å². The molecule has 0 radical (unpaired) electrons. The number of nitrogens with two attached hydrogens (primary N) is 1. The van der Waals surface area contributed by atoms with Gasteiger partial charge in [-0.1, -0.05) is 13.0 Å². The van der Waals surface area contributed by atoms with Crippen molar-refractivity contribution < 1.29 is 13.2 Å². The molecule has 3 aromatic rings. The highest BCUT2D eigenvalue weighted by Gasteiger charge is 2.15. The van der Waals surface area contributed by atoms with Crippen molar-refractivity contribution in [1.29, 1.82) is 0 Å². The van der Waals surface area contributed by atoms with Crippen molar-refractivity contribution in [3.8, 4) is 11.5 Å². The van der Waals surface area contributed by atoms with Crippen LogP contribution in [0.1, 0.15) is 12.5 Å². The summed E-state index contributed by atoms with van der Waals surface area (Å²) in [6, 6.07) is 7.57. The first-order chi connectivity index (χ1) is 9.58. The fourth-order valence-electron chi connectivity index (χ4n) is 2.06. The fourth-order valence-corrected chi connectivity index (χ4v) is 2.06. The maximum absolute atomic E-state index is 13.3. The third-order valence-electron chi connectivity index (χ3n) is 3.18. The van der Waals surface area contributed by atoms with Gasteiger partial charge in [-0.05, 0) is 30.2 Å². The van der Waals surface area contributed by atoms with Gasteiger partial charge in [0, 0.05) is 11.8 Å². The number of anilines is 1. The molecule has 3 nitrogen and oxygen atoms in total. The third kappa shape index (κ3) is 2.01. The van der Waals surface area contributed by atoms with Crippen LogP contribution in [0.3, 0.4) is 0 Å². The Labute approximate surface area is 114 Å². The zero-order valence-electron chi connectivity index (χ0n) is 10.8. The Kier molecular flexibility index (Phi) is 2.89. The molecule has 0 atom stereocenters. The van der Waals surface area contributed by atoms with Crippen LogP contribution >= 0.6 is 0 Å². The van der Waals surface area contributed by atoms with Gasteiger partial charge in [-0.3, -0.25) is 0 Å². The summed E-state index contributed by atoms with van der Waals surface area (Å²) in [6.07, 6.45) is 0.880. The van der Waals surface area contributed by atoms with Crippen molar-refractivity contribution in [2.24, 2.45) is 0 Å². The second-order valence-electron chi connectivity index (χ2n) is 4.53. The molecule has 0 aliphatic rings. The minimum absolute atomic E-state index is 0.0890. The molecule has 102 valence electrons. The molecule has 1 aromatic heterocycles. The lowest BCUT2D eigenvalue weighted by Crippen LogP contribution is -1.94. The van der Waals surface area contributed by atoms with E-state index in [2.05, 4.69) is 4.98 Å². The molecule has 3 rings (SSSR count). The highest BCUT2D eigenvalue weighted by atomic mass is 19.2. The van der Waals surface area contributed by atoms with Crippen molar-refractivity contribution in [2.75, 3.05) is 5.73 Å². The molecule has 0 unspecified atom stereocenters. The third-order valence-corrected chi connectivity index (χ3v) is 3.18. The van der Waals surface area contributed by atoms with Crippen LogP contribution in [0, 0.1) is 11.6 Å². The summed E-state index contributed by atoms with van der Waals surface area (Å²) in [5.74, 6) is -1.79. The van der Waals surface area contributed by atoms with Crippen LogP contribution in [0.4, 0.5) is 14.5 Å². The largest absolute Gasteiger partial charge is 0.436 e. The van der Waals surface area contributed by atoms with Crippen LogP contribution in [-0.2, 0) is 6.42 Å². The summed E-state index contributed by atoms with van der Waals surface area (Å²) >= 11 is 0. The SMILES string of the molecule is CCc1ccc2oc(-c3cc(F)c(F)cc3N)nc2c1. The van der Waals surface area contributed by atoms with E-state index in [4.69, 9.17) is 10.2 Å². The van der Waals surface area contributed by atoms with Gasteiger partial charge in [-0.2, -0.15) is 0 Å². The number of hydrogen-bond acceptors (Lipinski definition) is 3. The van der Waals surface area contributed by atoms with Gasteiger partial charge in [0.2, 0.25) is 5.89 Å². The van der Waals surface area contributed by atoms with E-state index in [0.29, 0.717) is 11.1 Å². The Morgan fingerprint density at radius 2 is 1.90 bits per heavy atom.